The topological polar surface area (TPSA) is 103 Å². The maximum atomic E-state index is 14.5. The predicted molar refractivity (Wildman–Crippen MR) is 120 cm³/mol. The van der Waals surface area contributed by atoms with Crippen molar-refractivity contribution < 1.29 is 23.2 Å². The van der Waals surface area contributed by atoms with E-state index in [0.29, 0.717) is 40.2 Å². The van der Waals surface area contributed by atoms with Gasteiger partial charge in [-0.25, -0.2) is 4.39 Å². The molecule has 8 nitrogen and oxygen atoms in total. The molecular formula is C22H21FN4O4S. The average molecular weight is 456 g/mol. The molecule has 2 aromatic heterocycles. The molecule has 2 aromatic carbocycles. The third-order valence-corrected chi connectivity index (χ3v) is 5.13. The van der Waals surface area contributed by atoms with Crippen LogP contribution in [0.15, 0.2) is 51.4 Å². The molecule has 10 heteroatoms. The third kappa shape index (κ3) is 4.61. The molecule has 0 fully saturated rings. The van der Waals surface area contributed by atoms with Gasteiger partial charge in [0.25, 0.3) is 5.91 Å². The van der Waals surface area contributed by atoms with Gasteiger partial charge < -0.3 is 14.0 Å². The summed E-state index contributed by atoms with van der Waals surface area (Å²) in [6.45, 7) is 0.594. The lowest BCUT2D eigenvalue weighted by Crippen LogP contribution is -2.05. The molecule has 0 saturated heterocycles. The summed E-state index contributed by atoms with van der Waals surface area (Å²) in [6, 6.07) is 11.6. The Balaban J connectivity index is 1.59. The van der Waals surface area contributed by atoms with Crippen LogP contribution in [0.5, 0.6) is 5.75 Å². The van der Waals surface area contributed by atoms with E-state index in [0.717, 1.165) is 5.56 Å². The van der Waals surface area contributed by atoms with E-state index in [1.54, 1.807) is 43.5 Å². The van der Waals surface area contributed by atoms with Crippen molar-refractivity contribution in [1.82, 2.24) is 15.4 Å². The van der Waals surface area contributed by atoms with Crippen LogP contribution in [-0.4, -0.2) is 54.1 Å². The first-order valence-corrected chi connectivity index (χ1v) is 11.7. The van der Waals surface area contributed by atoms with Gasteiger partial charge in [-0.2, -0.15) is 9.46 Å². The number of carbonyl (C=O) groups excluding carboxylic acids is 1. The molecule has 0 unspecified atom stereocenters. The molecular weight excluding hydrogens is 435 g/mol. The smallest absolute Gasteiger partial charge is 0.282 e. The summed E-state index contributed by atoms with van der Waals surface area (Å²) in [6.07, 6.45) is 3.76. The molecule has 0 aliphatic carbocycles. The van der Waals surface area contributed by atoms with Gasteiger partial charge in [0.1, 0.15) is 18.0 Å². The van der Waals surface area contributed by atoms with E-state index in [1.807, 2.05) is 12.5 Å². The summed E-state index contributed by atoms with van der Waals surface area (Å²) < 4.78 is 34.3. The number of amides is 1. The first kappa shape index (κ1) is 21.8. The number of aromatic nitrogens is 3. The van der Waals surface area contributed by atoms with E-state index >= 15 is 0 Å². The van der Waals surface area contributed by atoms with Crippen LogP contribution >= 0.6 is 0 Å². The fourth-order valence-electron chi connectivity index (χ4n) is 3.08. The molecule has 1 amide bonds. The van der Waals surface area contributed by atoms with Gasteiger partial charge in [0.05, 0.1) is 12.1 Å². The standard InChI is InChI=1S/C22H21FN4O4S/c1-29-8-9-30-19-12-18-15(10-16(19)23)21(25-24-18)20-11-17(26-31-20)13-4-6-14(7-5-13)22(28)27-32(2)3/h4-7,10-12H,8-9H2,1-3H3,(H,24,25). The second kappa shape index (κ2) is 9.41. The van der Waals surface area contributed by atoms with E-state index in [4.69, 9.17) is 14.0 Å². The lowest BCUT2D eigenvalue weighted by molar-refractivity contribution is 0.101. The van der Waals surface area contributed by atoms with Crippen molar-refractivity contribution in [2.45, 2.75) is 0 Å². The van der Waals surface area contributed by atoms with Crippen LogP contribution in [0.2, 0.25) is 0 Å². The zero-order valence-electron chi connectivity index (χ0n) is 17.7. The summed E-state index contributed by atoms with van der Waals surface area (Å²) in [7, 11) is 1.23. The van der Waals surface area contributed by atoms with Crippen LogP contribution in [0.4, 0.5) is 4.39 Å². The maximum Gasteiger partial charge on any atom is 0.282 e. The zero-order chi connectivity index (χ0) is 22.7. The summed E-state index contributed by atoms with van der Waals surface area (Å²) in [5, 5.41) is 11.8. The van der Waals surface area contributed by atoms with Crippen LogP contribution in [0, 0.1) is 5.82 Å². The van der Waals surface area contributed by atoms with Gasteiger partial charge in [-0.1, -0.05) is 28.0 Å². The number of hydrogen-bond donors (Lipinski definition) is 1. The molecule has 0 saturated carbocycles. The lowest BCUT2D eigenvalue weighted by atomic mass is 10.1. The number of H-pyrrole nitrogens is 1. The van der Waals surface area contributed by atoms with E-state index in [1.165, 1.54) is 6.07 Å². The molecule has 0 aliphatic rings. The highest BCUT2D eigenvalue weighted by molar-refractivity contribution is 7.86. The Labute approximate surface area is 185 Å². The largest absolute Gasteiger partial charge is 0.488 e. The van der Waals surface area contributed by atoms with Crippen LogP contribution < -0.4 is 4.74 Å². The number of methoxy groups -OCH3 is 1. The SMILES string of the molecule is COCCOc1cc2[nH]nc(-c3cc(-c4ccc(C(=O)N=S(C)C)cc4)no3)c2cc1F. The van der Waals surface area contributed by atoms with Gasteiger partial charge in [0.2, 0.25) is 0 Å². The highest BCUT2D eigenvalue weighted by Gasteiger charge is 2.17. The number of rotatable bonds is 7. The van der Waals surface area contributed by atoms with Crippen LogP contribution in [0.3, 0.4) is 0 Å². The van der Waals surface area contributed by atoms with Crippen LogP contribution in [0.1, 0.15) is 10.4 Å². The molecule has 0 atom stereocenters. The lowest BCUT2D eigenvalue weighted by Gasteiger charge is -2.06. The van der Waals surface area contributed by atoms with Gasteiger partial charge in [-0.3, -0.25) is 9.89 Å². The second-order valence-corrected chi connectivity index (χ2v) is 8.79. The number of fused-ring (bicyclic) bond motifs is 1. The maximum absolute atomic E-state index is 14.5. The molecule has 0 aliphatic heterocycles. The van der Waals surface area contributed by atoms with Gasteiger partial charge in [-0.15, -0.1) is 0 Å². The molecule has 2 heterocycles. The van der Waals surface area contributed by atoms with Crippen molar-refractivity contribution >= 4 is 27.5 Å². The predicted octanol–water partition coefficient (Wildman–Crippen LogP) is 4.25. The normalized spacial score (nSPS) is 11.3. The minimum absolute atomic E-state index is 0.113. The average Bonchev–Trinajstić information content (AvgIpc) is 3.40. The van der Waals surface area contributed by atoms with E-state index in [9.17, 15) is 9.18 Å². The Morgan fingerprint density at radius 1 is 1.19 bits per heavy atom. The van der Waals surface area contributed by atoms with E-state index in [2.05, 4.69) is 19.7 Å². The summed E-state index contributed by atoms with van der Waals surface area (Å²) in [4.78, 5) is 12.1. The number of hydrogen-bond acceptors (Lipinski definition) is 6. The van der Waals surface area contributed by atoms with Crippen LogP contribution in [0.25, 0.3) is 33.6 Å². The Hall–Kier alpha value is -3.37. The van der Waals surface area contributed by atoms with Gasteiger partial charge in [0, 0.05) is 35.8 Å². The van der Waals surface area contributed by atoms with Crippen molar-refractivity contribution in [3.05, 3.63) is 53.8 Å². The quantitative estimate of drug-likeness (QED) is 0.417. The summed E-state index contributed by atoms with van der Waals surface area (Å²) >= 11 is 0. The first-order valence-electron chi connectivity index (χ1n) is 9.67. The first-order chi connectivity index (χ1) is 15.5. The molecule has 0 bridgehead atoms. The Bertz CT molecular complexity index is 1290. The van der Waals surface area contributed by atoms with Crippen molar-refractivity contribution in [3.8, 4) is 28.5 Å². The number of benzene rings is 2. The molecule has 32 heavy (non-hydrogen) atoms. The third-order valence-electron chi connectivity index (χ3n) is 4.60. The highest BCUT2D eigenvalue weighted by atomic mass is 32.2. The van der Waals surface area contributed by atoms with Crippen molar-refractivity contribution in [3.63, 3.8) is 0 Å². The number of ether oxygens (including phenoxy) is 2. The number of nitrogens with zero attached hydrogens (tertiary/aromatic N) is 3. The number of halogens is 1. The zero-order valence-corrected chi connectivity index (χ0v) is 18.5. The van der Waals surface area contributed by atoms with Gasteiger partial charge >= 0.3 is 0 Å². The molecule has 1 N–H and O–H groups in total. The van der Waals surface area contributed by atoms with Crippen molar-refractivity contribution in [1.29, 1.82) is 0 Å². The summed E-state index contributed by atoms with van der Waals surface area (Å²) in [5.41, 5.74) is 2.88. The number of nitrogens with one attached hydrogen (secondary N) is 1. The Kier molecular flexibility index (Phi) is 6.42. The number of carbonyl (C=O) groups is 1. The minimum Gasteiger partial charge on any atom is -0.488 e. The second-order valence-electron chi connectivity index (χ2n) is 7.07. The van der Waals surface area contributed by atoms with E-state index in [-0.39, 0.29) is 29.0 Å². The van der Waals surface area contributed by atoms with Crippen molar-refractivity contribution in [2.24, 2.45) is 4.36 Å². The van der Waals surface area contributed by atoms with Gasteiger partial charge in [0.15, 0.2) is 17.3 Å². The van der Waals surface area contributed by atoms with Gasteiger partial charge in [-0.05, 0) is 30.7 Å². The van der Waals surface area contributed by atoms with Crippen molar-refractivity contribution in [2.75, 3.05) is 32.8 Å². The molecule has 0 spiro atoms. The fourth-order valence-corrected chi connectivity index (χ4v) is 3.51. The monoisotopic (exact) mass is 456 g/mol. The Morgan fingerprint density at radius 3 is 2.69 bits per heavy atom. The molecule has 4 rings (SSSR count). The molecule has 0 radical (unpaired) electrons. The highest BCUT2D eigenvalue weighted by Crippen LogP contribution is 2.33. The Morgan fingerprint density at radius 2 is 1.97 bits per heavy atom. The van der Waals surface area contributed by atoms with E-state index < -0.39 is 5.82 Å². The minimum atomic E-state index is -0.510. The fraction of sp³-hybridized carbons (Fsp3) is 0.227. The summed E-state index contributed by atoms with van der Waals surface area (Å²) in [5.74, 6) is -0.262. The molecule has 4 aromatic rings. The number of aromatic amines is 1. The molecule has 166 valence electrons. The van der Waals surface area contributed by atoms with Crippen LogP contribution in [-0.2, 0) is 15.4 Å².